The van der Waals surface area contributed by atoms with Crippen LogP contribution in [-0.4, -0.2) is 5.78 Å². The first-order valence-electron chi connectivity index (χ1n) is 3.25. The van der Waals surface area contributed by atoms with Gasteiger partial charge in [-0.05, 0) is 0 Å². The fourth-order valence-corrected chi connectivity index (χ4v) is 1.05. The van der Waals surface area contributed by atoms with Crippen LogP contribution in [0, 0.1) is 5.92 Å². The highest BCUT2D eigenvalue weighted by Crippen LogP contribution is 2.20. The zero-order valence-electron chi connectivity index (χ0n) is 5.90. The highest BCUT2D eigenvalue weighted by atomic mass is 16.1. The molecule has 9 heavy (non-hydrogen) atoms. The highest BCUT2D eigenvalue weighted by Gasteiger charge is 2.27. The zero-order valence-corrected chi connectivity index (χ0v) is 5.90. The Bertz CT molecular complexity index is 156. The van der Waals surface area contributed by atoms with Crippen LogP contribution in [0.5, 0.6) is 0 Å². The maximum absolute atomic E-state index is 11.0. The number of ketones is 1. The maximum Gasteiger partial charge on any atom is 0.333 e. The van der Waals surface area contributed by atoms with Crippen LogP contribution in [0.2, 0.25) is 0 Å². The quantitative estimate of drug-likeness (QED) is 0.449. The molecule has 0 N–H and O–H groups in total. The molecule has 1 aliphatic rings. The molecule has 0 atom stereocenters. The molecule has 0 amide bonds. The topological polar surface area (TPSA) is 17.1 Å². The van der Waals surface area contributed by atoms with Gasteiger partial charge in [-0.1, -0.05) is 0 Å². The second-order valence-electron chi connectivity index (χ2n) is 2.54. The number of carbonyl (C=O) groups excluding carboxylic acids is 1. The number of hydrogen-bond donors (Lipinski definition) is 0. The molecule has 1 aliphatic carbocycles. The van der Waals surface area contributed by atoms with Gasteiger partial charge in [-0.3, -0.25) is 0 Å². The van der Waals surface area contributed by atoms with Crippen LogP contribution in [0.15, 0.2) is 11.6 Å². The van der Waals surface area contributed by atoms with Crippen LogP contribution < -0.4 is 0 Å². The van der Waals surface area contributed by atoms with E-state index in [1.165, 1.54) is 0 Å². The van der Waals surface area contributed by atoms with Gasteiger partial charge in [0.25, 0.3) is 0 Å². The Labute approximate surface area is 55.8 Å². The number of carbonyl (C=O) groups is 1. The standard InChI is InChI=1S/C8H11O/c1-6-4-3-5-7(2)8(6)9/h4H,3,5H2,1-2H3/q+1. The van der Waals surface area contributed by atoms with E-state index in [-0.39, 0.29) is 5.78 Å². The Balaban J connectivity index is 2.74. The van der Waals surface area contributed by atoms with Crippen LogP contribution in [0.4, 0.5) is 0 Å². The van der Waals surface area contributed by atoms with E-state index in [1.807, 2.05) is 19.9 Å². The highest BCUT2D eigenvalue weighted by molar-refractivity contribution is 6.05. The number of rotatable bonds is 0. The molecule has 1 heteroatoms. The third-order valence-electron chi connectivity index (χ3n) is 1.72. The Hall–Kier alpha value is -0.720. The molecule has 0 aromatic heterocycles. The average Bonchev–Trinajstić information content (AvgIpc) is 1.83. The fourth-order valence-electron chi connectivity index (χ4n) is 1.05. The molecule has 0 heterocycles. The van der Waals surface area contributed by atoms with Crippen molar-refractivity contribution in [3.05, 3.63) is 17.6 Å². The summed E-state index contributed by atoms with van der Waals surface area (Å²) in [6.45, 7) is 3.80. The van der Waals surface area contributed by atoms with E-state index in [1.54, 1.807) is 0 Å². The van der Waals surface area contributed by atoms with Gasteiger partial charge in [0.15, 0.2) is 0 Å². The van der Waals surface area contributed by atoms with Gasteiger partial charge >= 0.3 is 5.78 Å². The molecular formula is C8H11O+. The van der Waals surface area contributed by atoms with Crippen molar-refractivity contribution in [1.29, 1.82) is 0 Å². The lowest BCUT2D eigenvalue weighted by molar-refractivity contribution is -0.114. The second-order valence-corrected chi connectivity index (χ2v) is 2.54. The van der Waals surface area contributed by atoms with Crippen molar-refractivity contribution >= 4 is 5.78 Å². The van der Waals surface area contributed by atoms with E-state index in [2.05, 4.69) is 0 Å². The summed E-state index contributed by atoms with van der Waals surface area (Å²) in [4.78, 5) is 11.0. The average molecular weight is 123 g/mol. The Kier molecular flexibility index (Phi) is 1.60. The summed E-state index contributed by atoms with van der Waals surface area (Å²) >= 11 is 0. The van der Waals surface area contributed by atoms with Crippen LogP contribution in [0.3, 0.4) is 0 Å². The number of hydrogen-bond acceptors (Lipinski definition) is 1. The normalized spacial score (nSPS) is 20.0. The van der Waals surface area contributed by atoms with Crippen molar-refractivity contribution < 1.29 is 4.79 Å². The molecule has 0 aliphatic heterocycles. The molecule has 0 bridgehead atoms. The van der Waals surface area contributed by atoms with E-state index in [0.717, 1.165) is 24.3 Å². The lowest BCUT2D eigenvalue weighted by atomic mass is 9.90. The summed E-state index contributed by atoms with van der Waals surface area (Å²) < 4.78 is 0. The number of Topliss-reactive ketones (excluding diaryl/α,β-unsaturated/α-hetero) is 1. The summed E-state index contributed by atoms with van der Waals surface area (Å²) in [5.41, 5.74) is 0.916. The van der Waals surface area contributed by atoms with Crippen molar-refractivity contribution in [2.45, 2.75) is 26.7 Å². The molecule has 0 saturated carbocycles. The Morgan fingerprint density at radius 1 is 1.67 bits per heavy atom. The Morgan fingerprint density at radius 2 is 2.33 bits per heavy atom. The smallest absolute Gasteiger partial charge is 0.241 e. The van der Waals surface area contributed by atoms with Crippen LogP contribution in [-0.2, 0) is 4.79 Å². The second kappa shape index (κ2) is 2.26. The third kappa shape index (κ3) is 1.15. The van der Waals surface area contributed by atoms with Crippen molar-refractivity contribution in [3.63, 3.8) is 0 Å². The van der Waals surface area contributed by atoms with Gasteiger partial charge in [0, 0.05) is 32.8 Å². The molecule has 0 radical (unpaired) electrons. The lowest BCUT2D eigenvalue weighted by Crippen LogP contribution is -2.13. The van der Waals surface area contributed by atoms with Gasteiger partial charge in [-0.25, -0.2) is 4.79 Å². The predicted molar refractivity (Wildman–Crippen MR) is 36.9 cm³/mol. The minimum atomic E-state index is 0.251. The van der Waals surface area contributed by atoms with E-state index in [0.29, 0.717) is 0 Å². The molecule has 1 nitrogen and oxygen atoms in total. The van der Waals surface area contributed by atoms with Gasteiger partial charge in [0.2, 0.25) is 0 Å². The number of allylic oxidation sites excluding steroid dienone is 2. The monoisotopic (exact) mass is 123 g/mol. The molecule has 1 rings (SSSR count). The predicted octanol–water partition coefficient (Wildman–Crippen LogP) is 1.89. The van der Waals surface area contributed by atoms with Gasteiger partial charge in [-0.2, -0.15) is 0 Å². The molecule has 0 aromatic rings. The van der Waals surface area contributed by atoms with Crippen molar-refractivity contribution in [3.8, 4) is 0 Å². The van der Waals surface area contributed by atoms with E-state index >= 15 is 0 Å². The van der Waals surface area contributed by atoms with E-state index in [4.69, 9.17) is 0 Å². The first-order chi connectivity index (χ1) is 4.22. The third-order valence-corrected chi connectivity index (χ3v) is 1.72. The van der Waals surface area contributed by atoms with Crippen molar-refractivity contribution in [1.82, 2.24) is 0 Å². The van der Waals surface area contributed by atoms with Crippen LogP contribution in [0.1, 0.15) is 26.7 Å². The Morgan fingerprint density at radius 3 is 2.78 bits per heavy atom. The van der Waals surface area contributed by atoms with Gasteiger partial charge in [0.1, 0.15) is 11.5 Å². The van der Waals surface area contributed by atoms with Crippen molar-refractivity contribution in [2.24, 2.45) is 0 Å². The largest absolute Gasteiger partial charge is 0.333 e. The lowest BCUT2D eigenvalue weighted by Gasteiger charge is -2.03. The summed E-state index contributed by atoms with van der Waals surface area (Å²) in [6.07, 6.45) is 4.01. The summed E-state index contributed by atoms with van der Waals surface area (Å²) in [5.74, 6) is 1.26. The summed E-state index contributed by atoms with van der Waals surface area (Å²) in [7, 11) is 0. The zero-order chi connectivity index (χ0) is 6.85. The summed E-state index contributed by atoms with van der Waals surface area (Å²) in [6, 6.07) is 0. The minimum Gasteiger partial charge on any atom is -0.241 e. The van der Waals surface area contributed by atoms with Crippen LogP contribution in [0.25, 0.3) is 0 Å². The van der Waals surface area contributed by atoms with Gasteiger partial charge in [0.05, 0.1) is 0 Å². The molecule has 0 fully saturated rings. The fraction of sp³-hybridized carbons (Fsp3) is 0.500. The van der Waals surface area contributed by atoms with Gasteiger partial charge < -0.3 is 0 Å². The first-order valence-corrected chi connectivity index (χ1v) is 3.25. The molecule has 0 spiro atoms. The van der Waals surface area contributed by atoms with Crippen LogP contribution >= 0.6 is 0 Å². The summed E-state index contributed by atoms with van der Waals surface area (Å²) in [5, 5.41) is 0. The minimum absolute atomic E-state index is 0.251. The first kappa shape index (κ1) is 6.40. The maximum atomic E-state index is 11.0. The molecule has 0 unspecified atom stereocenters. The molecule has 0 aromatic carbocycles. The van der Waals surface area contributed by atoms with Crippen molar-refractivity contribution in [2.75, 3.05) is 0 Å². The molecule has 0 saturated heterocycles. The van der Waals surface area contributed by atoms with E-state index < -0.39 is 0 Å². The molecule has 48 valence electrons. The van der Waals surface area contributed by atoms with Gasteiger partial charge in [-0.15, -0.1) is 0 Å². The van der Waals surface area contributed by atoms with E-state index in [9.17, 15) is 4.79 Å². The molecular weight excluding hydrogens is 112 g/mol. The SMILES string of the molecule is CC1=CCC[C+](C)C1=O.